The number of nitrogens with one attached hydrogen (secondary N) is 1. The van der Waals surface area contributed by atoms with Gasteiger partial charge in [0.1, 0.15) is 5.69 Å². The van der Waals surface area contributed by atoms with Crippen LogP contribution in [0.15, 0.2) is 29.5 Å². The molecule has 0 spiro atoms. The minimum Gasteiger partial charge on any atom is -0.269 e. The van der Waals surface area contributed by atoms with E-state index in [4.69, 9.17) is 0 Å². The first-order valence-electron chi connectivity index (χ1n) is 7.72. The highest BCUT2D eigenvalue weighted by molar-refractivity contribution is 7.12. The minimum atomic E-state index is -2.76. The molecule has 0 bridgehead atoms. The van der Waals surface area contributed by atoms with Crippen LogP contribution in [0.4, 0.5) is 19.1 Å². The molecule has 0 atom stereocenters. The van der Waals surface area contributed by atoms with Crippen molar-refractivity contribution in [2.45, 2.75) is 26.8 Å². The molecule has 26 heavy (non-hydrogen) atoms. The number of thiophene rings is 1. The first kappa shape index (κ1) is 18.1. The van der Waals surface area contributed by atoms with E-state index in [2.05, 4.69) is 25.6 Å². The number of alkyl halides is 2. The van der Waals surface area contributed by atoms with Gasteiger partial charge in [0.15, 0.2) is 5.13 Å². The van der Waals surface area contributed by atoms with Gasteiger partial charge in [-0.25, -0.2) is 24.2 Å². The van der Waals surface area contributed by atoms with E-state index in [0.717, 1.165) is 17.0 Å². The summed E-state index contributed by atoms with van der Waals surface area (Å²) >= 11 is 0.910. The predicted octanol–water partition coefficient (Wildman–Crippen LogP) is 4.25. The number of hydrogen-bond donors (Lipinski definition) is 1. The zero-order valence-electron chi connectivity index (χ0n) is 13.9. The topological polar surface area (TPSA) is 68.0 Å². The highest BCUT2D eigenvalue weighted by Crippen LogP contribution is 2.26. The molecule has 0 saturated carbocycles. The Kier molecular flexibility index (Phi) is 5.31. The van der Waals surface area contributed by atoms with Crippen molar-refractivity contribution < 1.29 is 13.2 Å². The van der Waals surface area contributed by atoms with E-state index in [1.54, 1.807) is 16.9 Å². The summed E-state index contributed by atoms with van der Waals surface area (Å²) in [5.41, 5.74) is 3.88. The Morgan fingerprint density at radius 1 is 1.35 bits per heavy atom. The van der Waals surface area contributed by atoms with Gasteiger partial charge in [0.25, 0.3) is 6.43 Å². The SMILES string of the molecule is CCn1ncc(-c2cc(C(F)F)nc(NN=Cc3ccc(F)s3)n2)c1C. The smallest absolute Gasteiger partial charge is 0.269 e. The van der Waals surface area contributed by atoms with E-state index < -0.39 is 12.1 Å². The van der Waals surface area contributed by atoms with Crippen LogP contribution in [-0.4, -0.2) is 26.0 Å². The molecule has 6 nitrogen and oxygen atoms in total. The number of anilines is 1. The number of halogens is 3. The molecule has 0 aliphatic rings. The van der Waals surface area contributed by atoms with E-state index in [9.17, 15) is 13.2 Å². The maximum atomic E-state index is 13.2. The van der Waals surface area contributed by atoms with Gasteiger partial charge in [-0.15, -0.1) is 11.3 Å². The van der Waals surface area contributed by atoms with Crippen molar-refractivity contribution >= 4 is 23.5 Å². The summed E-state index contributed by atoms with van der Waals surface area (Å²) in [5, 5.41) is 7.75. The molecule has 3 aromatic rings. The first-order chi connectivity index (χ1) is 12.5. The fraction of sp³-hybridized carbons (Fsp3) is 0.250. The van der Waals surface area contributed by atoms with Gasteiger partial charge in [0, 0.05) is 17.8 Å². The molecule has 0 aliphatic carbocycles. The number of nitrogens with zero attached hydrogens (tertiary/aromatic N) is 5. The van der Waals surface area contributed by atoms with Crippen LogP contribution >= 0.6 is 11.3 Å². The summed E-state index contributed by atoms with van der Waals surface area (Å²) in [5.74, 6) is -0.0743. The Hall–Kier alpha value is -2.75. The van der Waals surface area contributed by atoms with Crippen molar-refractivity contribution in [3.8, 4) is 11.3 Å². The largest absolute Gasteiger partial charge is 0.280 e. The third-order valence-electron chi connectivity index (χ3n) is 3.60. The van der Waals surface area contributed by atoms with Crippen molar-refractivity contribution in [3.05, 3.63) is 45.8 Å². The van der Waals surface area contributed by atoms with Gasteiger partial charge >= 0.3 is 0 Å². The lowest BCUT2D eigenvalue weighted by molar-refractivity contribution is 0.146. The fourth-order valence-electron chi connectivity index (χ4n) is 2.33. The van der Waals surface area contributed by atoms with Crippen LogP contribution in [0.25, 0.3) is 11.3 Å². The molecule has 3 rings (SSSR count). The molecule has 136 valence electrons. The lowest BCUT2D eigenvalue weighted by Crippen LogP contribution is -2.03. The van der Waals surface area contributed by atoms with Gasteiger partial charge in [-0.2, -0.15) is 14.6 Å². The Morgan fingerprint density at radius 2 is 2.15 bits per heavy atom. The Bertz CT molecular complexity index is 934. The molecule has 0 unspecified atom stereocenters. The summed E-state index contributed by atoms with van der Waals surface area (Å²) in [7, 11) is 0. The summed E-state index contributed by atoms with van der Waals surface area (Å²) in [4.78, 5) is 8.57. The first-order valence-corrected chi connectivity index (χ1v) is 8.54. The second-order valence-electron chi connectivity index (χ2n) is 5.27. The number of hydrazone groups is 1. The second kappa shape index (κ2) is 7.65. The van der Waals surface area contributed by atoms with Crippen molar-refractivity contribution in [1.29, 1.82) is 0 Å². The Morgan fingerprint density at radius 3 is 2.77 bits per heavy atom. The zero-order valence-corrected chi connectivity index (χ0v) is 14.8. The molecule has 3 aromatic heterocycles. The summed E-state index contributed by atoms with van der Waals surface area (Å²) < 4.78 is 41.1. The number of aromatic nitrogens is 4. The summed E-state index contributed by atoms with van der Waals surface area (Å²) in [6.07, 6.45) is 0.193. The van der Waals surface area contributed by atoms with Gasteiger partial charge in [-0.3, -0.25) is 4.68 Å². The van der Waals surface area contributed by atoms with Crippen LogP contribution in [0.5, 0.6) is 0 Å². The van der Waals surface area contributed by atoms with E-state index in [1.165, 1.54) is 18.3 Å². The molecular formula is C16H15F3N6S. The highest BCUT2D eigenvalue weighted by atomic mass is 32.1. The van der Waals surface area contributed by atoms with Crippen LogP contribution in [0, 0.1) is 12.1 Å². The average Bonchev–Trinajstić information content (AvgIpc) is 3.20. The van der Waals surface area contributed by atoms with E-state index in [1.807, 2.05) is 13.8 Å². The molecule has 10 heteroatoms. The van der Waals surface area contributed by atoms with Crippen molar-refractivity contribution in [1.82, 2.24) is 19.7 Å². The van der Waals surface area contributed by atoms with Gasteiger partial charge in [-0.1, -0.05) is 0 Å². The van der Waals surface area contributed by atoms with Gasteiger partial charge in [0.05, 0.1) is 23.0 Å². The lowest BCUT2D eigenvalue weighted by atomic mass is 10.1. The molecule has 0 amide bonds. The molecule has 0 fully saturated rings. The molecule has 0 saturated heterocycles. The van der Waals surface area contributed by atoms with Crippen LogP contribution in [0.3, 0.4) is 0 Å². The van der Waals surface area contributed by atoms with Crippen LogP contribution < -0.4 is 5.43 Å². The van der Waals surface area contributed by atoms with Crippen molar-refractivity contribution in [2.24, 2.45) is 5.10 Å². The predicted molar refractivity (Wildman–Crippen MR) is 94.1 cm³/mol. The van der Waals surface area contributed by atoms with Gasteiger partial charge < -0.3 is 0 Å². The minimum absolute atomic E-state index is 0.0743. The fourth-order valence-corrected chi connectivity index (χ4v) is 2.94. The molecular weight excluding hydrogens is 365 g/mol. The quantitative estimate of drug-likeness (QED) is 0.513. The maximum absolute atomic E-state index is 13.2. The van der Waals surface area contributed by atoms with Gasteiger partial charge in [-0.05, 0) is 32.0 Å². The maximum Gasteiger partial charge on any atom is 0.280 e. The van der Waals surface area contributed by atoms with Crippen molar-refractivity contribution in [3.63, 3.8) is 0 Å². The summed E-state index contributed by atoms with van der Waals surface area (Å²) in [6, 6.07) is 4.10. The van der Waals surface area contributed by atoms with Gasteiger partial charge in [0.2, 0.25) is 5.95 Å². The summed E-state index contributed by atoms with van der Waals surface area (Å²) in [6.45, 7) is 4.43. The second-order valence-corrected chi connectivity index (χ2v) is 6.34. The van der Waals surface area contributed by atoms with E-state index in [0.29, 0.717) is 22.7 Å². The van der Waals surface area contributed by atoms with Crippen LogP contribution in [0.1, 0.15) is 29.6 Å². The average molecular weight is 380 g/mol. The van der Waals surface area contributed by atoms with Crippen LogP contribution in [-0.2, 0) is 6.54 Å². The van der Waals surface area contributed by atoms with Crippen LogP contribution in [0.2, 0.25) is 0 Å². The molecule has 3 heterocycles. The highest BCUT2D eigenvalue weighted by Gasteiger charge is 2.16. The Balaban J connectivity index is 1.91. The normalized spacial score (nSPS) is 11.6. The third-order valence-corrected chi connectivity index (χ3v) is 4.41. The third kappa shape index (κ3) is 3.90. The Labute approximate surface area is 151 Å². The number of hydrogen-bond acceptors (Lipinski definition) is 6. The lowest BCUT2D eigenvalue weighted by Gasteiger charge is -2.07. The molecule has 0 aromatic carbocycles. The van der Waals surface area contributed by atoms with E-state index >= 15 is 0 Å². The number of rotatable bonds is 6. The number of aryl methyl sites for hydroxylation is 1. The molecule has 0 radical (unpaired) electrons. The monoisotopic (exact) mass is 380 g/mol. The molecule has 0 aliphatic heterocycles. The zero-order chi connectivity index (χ0) is 18.7. The van der Waals surface area contributed by atoms with Crippen molar-refractivity contribution in [2.75, 3.05) is 5.43 Å². The molecule has 1 N–H and O–H groups in total. The standard InChI is InChI=1S/C16H15F3N6S/c1-3-25-9(2)11(8-21-25)12-6-13(15(18)19)23-16(22-12)24-20-7-10-4-5-14(17)26-10/h4-8,15H,3H2,1-2H3,(H,22,23,24). The van der Waals surface area contributed by atoms with E-state index in [-0.39, 0.29) is 11.1 Å².